The monoisotopic (exact) mass is 534 g/mol. The number of pyridine rings is 1. The summed E-state index contributed by atoms with van der Waals surface area (Å²) >= 11 is 0. The summed E-state index contributed by atoms with van der Waals surface area (Å²) in [5.41, 5.74) is 2.31. The number of fused-ring (bicyclic) bond motifs is 1. The Morgan fingerprint density at radius 1 is 1.14 bits per heavy atom. The minimum Gasteiger partial charge on any atom is -0.381 e. The highest BCUT2D eigenvalue weighted by Crippen LogP contribution is 2.38. The molecule has 0 bridgehead atoms. The van der Waals surface area contributed by atoms with Crippen LogP contribution in [0.5, 0.6) is 0 Å². The molecule has 0 spiro atoms. The van der Waals surface area contributed by atoms with Crippen LogP contribution in [-0.4, -0.2) is 55.8 Å². The number of imidazole rings is 1. The zero-order valence-corrected chi connectivity index (χ0v) is 21.2. The lowest BCUT2D eigenvalue weighted by Gasteiger charge is -2.26. The van der Waals surface area contributed by atoms with Gasteiger partial charge in [-0.3, -0.25) is 9.10 Å². The Morgan fingerprint density at radius 3 is 2.51 bits per heavy atom. The van der Waals surface area contributed by atoms with Gasteiger partial charge in [0.2, 0.25) is 15.9 Å². The summed E-state index contributed by atoms with van der Waals surface area (Å²) in [6, 6.07) is 7.01. The van der Waals surface area contributed by atoms with Crippen LogP contribution in [0.3, 0.4) is 0 Å². The molecule has 1 amide bonds. The van der Waals surface area contributed by atoms with E-state index >= 15 is 0 Å². The molecule has 5 rings (SSSR count). The van der Waals surface area contributed by atoms with Gasteiger partial charge >= 0.3 is 0 Å². The third kappa shape index (κ3) is 5.52. The number of carbonyl (C=O) groups excluding carboxylic acids is 1. The van der Waals surface area contributed by atoms with E-state index in [4.69, 9.17) is 4.74 Å². The molecular weight excluding hydrogens is 506 g/mol. The van der Waals surface area contributed by atoms with Crippen molar-refractivity contribution in [3.8, 4) is 0 Å². The van der Waals surface area contributed by atoms with E-state index in [2.05, 4.69) is 25.6 Å². The number of sulfonamides is 1. The van der Waals surface area contributed by atoms with Crippen LogP contribution < -0.4 is 14.9 Å². The van der Waals surface area contributed by atoms with Gasteiger partial charge in [-0.2, -0.15) is 0 Å². The van der Waals surface area contributed by atoms with Gasteiger partial charge in [-0.15, -0.1) is 0 Å². The number of rotatable bonds is 8. The Hall–Kier alpha value is -3.32. The van der Waals surface area contributed by atoms with E-state index in [-0.39, 0.29) is 34.7 Å². The Labute approximate surface area is 212 Å². The minimum atomic E-state index is -3.62. The van der Waals surface area contributed by atoms with Crippen LogP contribution in [0.1, 0.15) is 49.4 Å². The maximum absolute atomic E-state index is 13.4. The highest BCUT2D eigenvalue weighted by molar-refractivity contribution is 7.92. The summed E-state index contributed by atoms with van der Waals surface area (Å²) in [6.45, 7) is 1.27. The number of hydrogen-bond donors (Lipinski definition) is 3. The lowest BCUT2D eigenvalue weighted by molar-refractivity contribution is -0.117. The van der Waals surface area contributed by atoms with E-state index < -0.39 is 22.3 Å². The van der Waals surface area contributed by atoms with Crippen LogP contribution in [0.25, 0.3) is 11.2 Å². The third-order valence-electron chi connectivity index (χ3n) is 6.70. The Bertz CT molecular complexity index is 1430. The van der Waals surface area contributed by atoms with E-state index in [9.17, 15) is 22.0 Å². The van der Waals surface area contributed by atoms with E-state index in [1.807, 2.05) is 12.1 Å². The number of amides is 1. The van der Waals surface area contributed by atoms with Gasteiger partial charge in [-0.25, -0.2) is 27.2 Å². The van der Waals surface area contributed by atoms with Gasteiger partial charge in [0.1, 0.15) is 11.3 Å². The first-order chi connectivity index (χ1) is 17.6. The van der Waals surface area contributed by atoms with Crippen LogP contribution in [0.2, 0.25) is 0 Å². The number of halogens is 2. The standard InChI is InChI=1S/C24H28F2N6O4S/c1-32(37(2,34)35)18-11-15(13-7-9-36-10-8-13)5-6-16(18)27-17-12-19(29-24(33)14-3-4-14)28-22-20(17)30-23(31-22)21(25)26/h5-6,11-14,21H,3-4,7-10H2,1-2H3,(H3,27,28,29,30,31,33). The smallest absolute Gasteiger partial charge is 0.295 e. The molecule has 10 nitrogen and oxygen atoms in total. The molecular formula is C24H28F2N6O4S. The number of benzene rings is 1. The predicted molar refractivity (Wildman–Crippen MR) is 136 cm³/mol. The number of nitrogens with one attached hydrogen (secondary N) is 3. The average molecular weight is 535 g/mol. The lowest BCUT2D eigenvalue weighted by Crippen LogP contribution is -2.26. The summed E-state index contributed by atoms with van der Waals surface area (Å²) in [6.07, 6.45) is 1.49. The maximum atomic E-state index is 13.4. The molecule has 0 radical (unpaired) electrons. The Kier molecular flexibility index (Phi) is 6.75. The lowest BCUT2D eigenvalue weighted by atomic mass is 9.91. The van der Waals surface area contributed by atoms with Crippen molar-refractivity contribution in [3.05, 3.63) is 35.7 Å². The molecule has 37 heavy (non-hydrogen) atoms. The zero-order chi connectivity index (χ0) is 26.3. The van der Waals surface area contributed by atoms with Gasteiger partial charge in [0.25, 0.3) is 6.43 Å². The summed E-state index contributed by atoms with van der Waals surface area (Å²) < 4.78 is 58.4. The largest absolute Gasteiger partial charge is 0.381 e. The number of hydrogen-bond acceptors (Lipinski definition) is 7. The van der Waals surface area contributed by atoms with E-state index in [1.54, 1.807) is 6.07 Å². The number of aromatic amines is 1. The Balaban J connectivity index is 1.57. The van der Waals surface area contributed by atoms with Crippen molar-refractivity contribution in [2.24, 2.45) is 5.92 Å². The summed E-state index contributed by atoms with van der Waals surface area (Å²) in [5.74, 6) is -0.427. The van der Waals surface area contributed by atoms with Crippen molar-refractivity contribution in [3.63, 3.8) is 0 Å². The zero-order valence-electron chi connectivity index (χ0n) is 20.4. The number of alkyl halides is 2. The first-order valence-electron chi connectivity index (χ1n) is 12.0. The molecule has 3 N–H and O–H groups in total. The third-order valence-corrected chi connectivity index (χ3v) is 7.89. The van der Waals surface area contributed by atoms with Crippen LogP contribution >= 0.6 is 0 Å². The van der Waals surface area contributed by atoms with Crippen molar-refractivity contribution in [1.82, 2.24) is 15.0 Å². The molecule has 0 unspecified atom stereocenters. The SMILES string of the molecule is CN(c1cc(C2CCOCC2)ccc1Nc1cc(NC(=O)C2CC2)nc2[nH]c(C(F)F)nc12)S(C)(=O)=O. The number of carbonyl (C=O) groups is 1. The highest BCUT2D eigenvalue weighted by atomic mass is 32.2. The quantitative estimate of drug-likeness (QED) is 0.393. The van der Waals surface area contributed by atoms with E-state index in [0.717, 1.165) is 37.5 Å². The molecule has 1 aliphatic heterocycles. The van der Waals surface area contributed by atoms with Gasteiger partial charge in [0.05, 0.1) is 23.3 Å². The number of anilines is 4. The maximum Gasteiger partial charge on any atom is 0.295 e. The fourth-order valence-electron chi connectivity index (χ4n) is 4.37. The average Bonchev–Trinajstić information content (AvgIpc) is 3.62. The number of aromatic nitrogens is 3. The highest BCUT2D eigenvalue weighted by Gasteiger charge is 2.30. The molecule has 1 saturated carbocycles. The second kappa shape index (κ2) is 9.86. The van der Waals surface area contributed by atoms with Gasteiger partial charge in [0, 0.05) is 32.2 Å². The summed E-state index contributed by atoms with van der Waals surface area (Å²) in [5, 5.41) is 5.89. The number of ether oxygens (including phenoxy) is 1. The molecule has 3 heterocycles. The first kappa shape index (κ1) is 25.3. The van der Waals surface area contributed by atoms with Gasteiger partial charge in [-0.05, 0) is 49.3 Å². The Morgan fingerprint density at radius 2 is 1.86 bits per heavy atom. The fraction of sp³-hybridized carbons (Fsp3) is 0.458. The molecule has 1 aromatic carbocycles. The number of H-pyrrole nitrogens is 1. The second-order valence-electron chi connectivity index (χ2n) is 9.46. The normalized spacial score (nSPS) is 16.8. The molecule has 3 aromatic rings. The van der Waals surface area contributed by atoms with Crippen LogP contribution in [-0.2, 0) is 19.6 Å². The van der Waals surface area contributed by atoms with Crippen molar-refractivity contribution in [2.75, 3.05) is 41.5 Å². The van der Waals surface area contributed by atoms with Crippen molar-refractivity contribution in [2.45, 2.75) is 38.0 Å². The predicted octanol–water partition coefficient (Wildman–Crippen LogP) is 4.28. The van der Waals surface area contributed by atoms with Crippen molar-refractivity contribution in [1.29, 1.82) is 0 Å². The molecule has 1 aliphatic carbocycles. The molecule has 1 saturated heterocycles. The van der Waals surface area contributed by atoms with E-state index in [0.29, 0.717) is 30.3 Å². The number of nitrogens with zero attached hydrogens (tertiary/aromatic N) is 3. The van der Waals surface area contributed by atoms with Crippen LogP contribution in [0.4, 0.5) is 31.7 Å². The van der Waals surface area contributed by atoms with Crippen molar-refractivity contribution < 1.29 is 26.7 Å². The fourth-order valence-corrected chi connectivity index (χ4v) is 4.88. The van der Waals surface area contributed by atoms with Gasteiger partial charge < -0.3 is 20.4 Å². The molecule has 2 aromatic heterocycles. The first-order valence-corrected chi connectivity index (χ1v) is 13.9. The molecule has 13 heteroatoms. The van der Waals surface area contributed by atoms with Gasteiger partial charge in [0.15, 0.2) is 11.5 Å². The van der Waals surface area contributed by atoms with Crippen molar-refractivity contribution >= 4 is 50.0 Å². The van der Waals surface area contributed by atoms with Crippen LogP contribution in [0, 0.1) is 5.92 Å². The topological polar surface area (TPSA) is 129 Å². The van der Waals surface area contributed by atoms with Crippen LogP contribution in [0.15, 0.2) is 24.3 Å². The molecule has 2 aliphatic rings. The molecule has 198 valence electrons. The summed E-state index contributed by atoms with van der Waals surface area (Å²) in [7, 11) is -2.16. The summed E-state index contributed by atoms with van der Waals surface area (Å²) in [4.78, 5) is 23.1. The molecule has 2 fully saturated rings. The minimum absolute atomic E-state index is 0.0724. The molecule has 0 atom stereocenters. The van der Waals surface area contributed by atoms with Gasteiger partial charge in [-0.1, -0.05) is 6.07 Å². The van der Waals surface area contributed by atoms with E-state index in [1.165, 1.54) is 17.4 Å². The second-order valence-corrected chi connectivity index (χ2v) is 11.5.